The van der Waals surface area contributed by atoms with Gasteiger partial charge in [0.05, 0.1) is 6.42 Å². The molecular weight excluding hydrogens is 400 g/mol. The van der Waals surface area contributed by atoms with E-state index in [1.165, 1.54) is 34.9 Å². The van der Waals surface area contributed by atoms with Gasteiger partial charge in [-0.15, -0.1) is 0 Å². The van der Waals surface area contributed by atoms with Crippen molar-refractivity contribution in [1.82, 2.24) is 14.5 Å². The Morgan fingerprint density at radius 1 is 0.967 bits per heavy atom. The van der Waals surface area contributed by atoms with E-state index < -0.39 is 17.7 Å². The van der Waals surface area contributed by atoms with Crippen molar-refractivity contribution < 1.29 is 22.4 Å². The van der Waals surface area contributed by atoms with Crippen LogP contribution in [0.25, 0.3) is 28.2 Å². The van der Waals surface area contributed by atoms with E-state index in [0.717, 1.165) is 11.6 Å². The molecule has 0 fully saturated rings. The first-order valence-electron chi connectivity index (χ1n) is 8.95. The van der Waals surface area contributed by atoms with Crippen LogP contribution in [0.4, 0.5) is 23.2 Å². The maximum atomic E-state index is 13.4. The van der Waals surface area contributed by atoms with Crippen LogP contribution in [0.3, 0.4) is 0 Å². The molecule has 2 aromatic carbocycles. The first-order chi connectivity index (χ1) is 14.3. The summed E-state index contributed by atoms with van der Waals surface area (Å²) in [5, 5.41) is 2.72. The lowest BCUT2D eigenvalue weighted by molar-refractivity contribution is -0.141. The molecular formula is C21H12F4N4O. The van der Waals surface area contributed by atoms with Gasteiger partial charge in [0.2, 0.25) is 5.91 Å². The zero-order valence-electron chi connectivity index (χ0n) is 15.2. The van der Waals surface area contributed by atoms with Crippen LogP contribution in [0.15, 0.2) is 54.6 Å². The maximum Gasteiger partial charge on any atom is 0.433 e. The Labute approximate surface area is 167 Å². The van der Waals surface area contributed by atoms with Crippen LogP contribution in [-0.2, 0) is 17.4 Å². The second kappa shape index (κ2) is 6.38. The highest BCUT2D eigenvalue weighted by Crippen LogP contribution is 2.34. The molecule has 9 heteroatoms. The van der Waals surface area contributed by atoms with Crippen molar-refractivity contribution in [2.45, 2.75) is 12.6 Å². The van der Waals surface area contributed by atoms with Crippen molar-refractivity contribution in [1.29, 1.82) is 0 Å². The number of benzene rings is 2. The Morgan fingerprint density at radius 3 is 2.47 bits per heavy atom. The molecule has 3 heterocycles. The Kier molecular flexibility index (Phi) is 3.89. The van der Waals surface area contributed by atoms with E-state index in [2.05, 4.69) is 15.3 Å². The number of nitrogens with one attached hydrogen (secondary N) is 1. The van der Waals surface area contributed by atoms with E-state index in [1.807, 2.05) is 0 Å². The number of hydrogen-bond donors (Lipinski definition) is 1. The number of rotatable bonds is 2. The molecule has 1 aliphatic heterocycles. The molecule has 1 aliphatic rings. The number of carbonyl (C=O) groups is 1. The van der Waals surface area contributed by atoms with Gasteiger partial charge in [-0.25, -0.2) is 14.4 Å². The van der Waals surface area contributed by atoms with Crippen molar-refractivity contribution in [3.63, 3.8) is 0 Å². The van der Waals surface area contributed by atoms with Gasteiger partial charge in [0, 0.05) is 16.9 Å². The van der Waals surface area contributed by atoms with Gasteiger partial charge in [0.1, 0.15) is 22.9 Å². The van der Waals surface area contributed by atoms with E-state index in [1.54, 1.807) is 18.2 Å². The molecule has 150 valence electrons. The molecule has 0 bridgehead atoms. The number of anilines is 1. The molecule has 2 aromatic heterocycles. The number of carbonyl (C=O) groups excluding carboxylic acids is 1. The van der Waals surface area contributed by atoms with Crippen molar-refractivity contribution in [2.24, 2.45) is 0 Å². The standard InChI is InChI=1S/C21H12F4N4O/c22-13-3-1-11(2-4-13)19-27-16-7-8-17(21(23,24)25)28-20(16)29(19)14-5-6-15-12(9-14)10-18(30)26-15/h1-9H,10H2,(H,26,30). The first-order valence-corrected chi connectivity index (χ1v) is 8.95. The van der Waals surface area contributed by atoms with E-state index in [4.69, 9.17) is 0 Å². The van der Waals surface area contributed by atoms with Crippen LogP contribution < -0.4 is 5.32 Å². The zero-order valence-corrected chi connectivity index (χ0v) is 15.2. The lowest BCUT2D eigenvalue weighted by atomic mass is 10.1. The fraction of sp³-hybridized carbons (Fsp3) is 0.0952. The Balaban J connectivity index is 1.79. The summed E-state index contributed by atoms with van der Waals surface area (Å²) in [7, 11) is 0. The lowest BCUT2D eigenvalue weighted by Gasteiger charge is -2.11. The molecule has 5 rings (SSSR count). The predicted molar refractivity (Wildman–Crippen MR) is 102 cm³/mol. The van der Waals surface area contributed by atoms with Crippen molar-refractivity contribution in [3.8, 4) is 17.1 Å². The van der Waals surface area contributed by atoms with Gasteiger partial charge < -0.3 is 5.32 Å². The van der Waals surface area contributed by atoms with Gasteiger partial charge in [-0.2, -0.15) is 13.2 Å². The maximum absolute atomic E-state index is 13.4. The molecule has 0 saturated heterocycles. The smallest absolute Gasteiger partial charge is 0.326 e. The van der Waals surface area contributed by atoms with Gasteiger partial charge in [-0.05, 0) is 60.2 Å². The number of amides is 1. The minimum absolute atomic E-state index is 0.0152. The van der Waals surface area contributed by atoms with Gasteiger partial charge in [0.15, 0.2) is 5.65 Å². The molecule has 1 N–H and O–H groups in total. The highest BCUT2D eigenvalue weighted by molar-refractivity contribution is 5.99. The van der Waals surface area contributed by atoms with Crippen molar-refractivity contribution >= 4 is 22.8 Å². The molecule has 1 amide bonds. The van der Waals surface area contributed by atoms with Gasteiger partial charge in [-0.1, -0.05) is 0 Å². The topological polar surface area (TPSA) is 59.8 Å². The lowest BCUT2D eigenvalue weighted by Crippen LogP contribution is -2.09. The molecule has 0 unspecified atom stereocenters. The molecule has 5 nitrogen and oxygen atoms in total. The fourth-order valence-electron chi connectivity index (χ4n) is 3.51. The molecule has 0 aliphatic carbocycles. The van der Waals surface area contributed by atoms with E-state index in [9.17, 15) is 22.4 Å². The summed E-state index contributed by atoms with van der Waals surface area (Å²) in [4.78, 5) is 19.9. The monoisotopic (exact) mass is 412 g/mol. The van der Waals surface area contributed by atoms with Crippen LogP contribution in [-0.4, -0.2) is 20.4 Å². The number of halogens is 4. The molecule has 0 atom stereocenters. The average Bonchev–Trinajstić information content (AvgIpc) is 3.26. The van der Waals surface area contributed by atoms with Gasteiger partial charge in [0.25, 0.3) is 0 Å². The van der Waals surface area contributed by atoms with E-state index in [-0.39, 0.29) is 23.5 Å². The summed E-state index contributed by atoms with van der Waals surface area (Å²) in [5.74, 6) is -0.288. The van der Waals surface area contributed by atoms with Gasteiger partial charge in [-0.3, -0.25) is 9.36 Å². The molecule has 0 radical (unpaired) electrons. The minimum Gasteiger partial charge on any atom is -0.326 e. The normalized spacial score (nSPS) is 13.5. The predicted octanol–water partition coefficient (Wildman–Crippen LogP) is 4.74. The number of alkyl halides is 3. The fourth-order valence-corrected chi connectivity index (χ4v) is 3.51. The molecule has 0 spiro atoms. The number of nitrogens with zero attached hydrogens (tertiary/aromatic N) is 3. The summed E-state index contributed by atoms with van der Waals surface area (Å²) in [5.41, 5.74) is 1.62. The average molecular weight is 412 g/mol. The largest absolute Gasteiger partial charge is 0.433 e. The number of fused-ring (bicyclic) bond motifs is 2. The van der Waals surface area contributed by atoms with Crippen molar-refractivity contribution in [3.05, 3.63) is 71.7 Å². The highest BCUT2D eigenvalue weighted by atomic mass is 19.4. The summed E-state index contributed by atoms with van der Waals surface area (Å²) in [6.45, 7) is 0. The third-order valence-corrected chi connectivity index (χ3v) is 4.87. The first kappa shape index (κ1) is 18.3. The minimum atomic E-state index is -4.62. The Bertz CT molecular complexity index is 1310. The van der Waals surface area contributed by atoms with Crippen LogP contribution in [0.2, 0.25) is 0 Å². The highest BCUT2D eigenvalue weighted by Gasteiger charge is 2.33. The van der Waals surface area contributed by atoms with Crippen molar-refractivity contribution in [2.75, 3.05) is 5.32 Å². The molecule has 0 saturated carbocycles. The zero-order chi connectivity index (χ0) is 21.0. The molecule has 30 heavy (non-hydrogen) atoms. The third-order valence-electron chi connectivity index (χ3n) is 4.87. The number of imidazole rings is 1. The summed E-state index contributed by atoms with van der Waals surface area (Å²) < 4.78 is 54.7. The number of aromatic nitrogens is 3. The van der Waals surface area contributed by atoms with Gasteiger partial charge >= 0.3 is 6.18 Å². The van der Waals surface area contributed by atoms with Crippen LogP contribution in [0.5, 0.6) is 0 Å². The quantitative estimate of drug-likeness (QED) is 0.484. The van der Waals surface area contributed by atoms with E-state index in [0.29, 0.717) is 22.8 Å². The molecule has 4 aromatic rings. The summed E-state index contributed by atoms with van der Waals surface area (Å²) in [6, 6.07) is 12.7. The van der Waals surface area contributed by atoms with Crippen LogP contribution in [0, 0.1) is 5.82 Å². The second-order valence-corrected chi connectivity index (χ2v) is 6.88. The number of pyridine rings is 1. The SMILES string of the molecule is O=C1Cc2cc(-n3c(-c4ccc(F)cc4)nc4ccc(C(F)(F)F)nc43)ccc2N1. The summed E-state index contributed by atoms with van der Waals surface area (Å²) in [6.07, 6.45) is -4.45. The Morgan fingerprint density at radius 2 is 1.73 bits per heavy atom. The second-order valence-electron chi connectivity index (χ2n) is 6.88. The number of hydrogen-bond acceptors (Lipinski definition) is 3. The van der Waals surface area contributed by atoms with Crippen LogP contribution >= 0.6 is 0 Å². The van der Waals surface area contributed by atoms with Crippen LogP contribution in [0.1, 0.15) is 11.3 Å². The Hall–Kier alpha value is -3.75. The van der Waals surface area contributed by atoms with E-state index >= 15 is 0 Å². The third kappa shape index (κ3) is 2.99. The summed E-state index contributed by atoms with van der Waals surface area (Å²) >= 11 is 0.